The summed E-state index contributed by atoms with van der Waals surface area (Å²) in [5.74, 6) is 0.497. The van der Waals surface area contributed by atoms with Crippen LogP contribution in [-0.2, 0) is 6.18 Å². The van der Waals surface area contributed by atoms with E-state index in [4.69, 9.17) is 0 Å². The Morgan fingerprint density at radius 1 is 1.40 bits per heavy atom. The van der Waals surface area contributed by atoms with Gasteiger partial charge in [0.15, 0.2) is 0 Å². The van der Waals surface area contributed by atoms with Crippen molar-refractivity contribution in [2.75, 3.05) is 31.1 Å². The van der Waals surface area contributed by atoms with Crippen LogP contribution in [0.2, 0.25) is 0 Å². The van der Waals surface area contributed by atoms with Crippen molar-refractivity contribution in [2.24, 2.45) is 5.92 Å². The van der Waals surface area contributed by atoms with Crippen LogP contribution in [0.25, 0.3) is 0 Å². The molecule has 0 radical (unpaired) electrons. The topological polar surface area (TPSA) is 15.3 Å². The van der Waals surface area contributed by atoms with E-state index in [1.54, 1.807) is 0 Å². The molecule has 2 nitrogen and oxygen atoms in total. The molecule has 1 atom stereocenters. The summed E-state index contributed by atoms with van der Waals surface area (Å²) in [6.07, 6.45) is -3.28. The maximum absolute atomic E-state index is 12.8. The van der Waals surface area contributed by atoms with Crippen LogP contribution in [0.15, 0.2) is 22.7 Å². The third-order valence-electron chi connectivity index (χ3n) is 3.58. The highest BCUT2D eigenvalue weighted by atomic mass is 79.9. The van der Waals surface area contributed by atoms with Gasteiger partial charge in [-0.1, -0.05) is 6.92 Å². The molecule has 1 fully saturated rings. The Kier molecular flexibility index (Phi) is 4.96. The minimum atomic E-state index is -4.29. The van der Waals surface area contributed by atoms with E-state index in [2.05, 4.69) is 28.2 Å². The maximum Gasteiger partial charge on any atom is 0.416 e. The Labute approximate surface area is 125 Å². The zero-order valence-corrected chi connectivity index (χ0v) is 12.9. The Morgan fingerprint density at radius 3 is 2.80 bits per heavy atom. The first-order valence-corrected chi connectivity index (χ1v) is 7.53. The summed E-state index contributed by atoms with van der Waals surface area (Å²) in [5, 5.41) is 3.29. The first-order chi connectivity index (χ1) is 9.41. The number of benzene rings is 1. The standard InChI is InChI=1S/C14H18BrF3N2/c1-2-19-8-10-5-6-20(9-10)13-7-11(14(16,17)18)3-4-12(13)15/h3-4,7,10,19H,2,5-6,8-9H2,1H3. The first-order valence-electron chi connectivity index (χ1n) is 6.74. The third-order valence-corrected chi connectivity index (χ3v) is 4.25. The number of halogens is 4. The van der Waals surface area contributed by atoms with Crippen molar-refractivity contribution in [2.45, 2.75) is 19.5 Å². The number of hydrogen-bond donors (Lipinski definition) is 1. The van der Waals surface area contributed by atoms with E-state index in [1.165, 1.54) is 12.1 Å². The summed E-state index contributed by atoms with van der Waals surface area (Å²) < 4.78 is 39.1. The average molecular weight is 351 g/mol. The van der Waals surface area contributed by atoms with E-state index in [9.17, 15) is 13.2 Å². The fourth-order valence-electron chi connectivity index (χ4n) is 2.50. The minimum Gasteiger partial charge on any atom is -0.370 e. The van der Waals surface area contributed by atoms with Gasteiger partial charge in [-0.05, 0) is 59.6 Å². The molecule has 0 bridgehead atoms. The lowest BCUT2D eigenvalue weighted by molar-refractivity contribution is -0.137. The largest absolute Gasteiger partial charge is 0.416 e. The zero-order chi connectivity index (χ0) is 14.8. The van der Waals surface area contributed by atoms with Crippen molar-refractivity contribution in [1.82, 2.24) is 5.32 Å². The summed E-state index contributed by atoms with van der Waals surface area (Å²) in [6, 6.07) is 3.83. The number of rotatable bonds is 4. The highest BCUT2D eigenvalue weighted by molar-refractivity contribution is 9.10. The van der Waals surface area contributed by atoms with Gasteiger partial charge in [-0.15, -0.1) is 0 Å². The molecule has 1 aromatic carbocycles. The van der Waals surface area contributed by atoms with Gasteiger partial charge in [-0.25, -0.2) is 0 Å². The molecular formula is C14H18BrF3N2. The molecule has 6 heteroatoms. The van der Waals surface area contributed by atoms with E-state index in [0.29, 0.717) is 11.6 Å². The minimum absolute atomic E-state index is 0.497. The van der Waals surface area contributed by atoms with Crippen molar-refractivity contribution in [3.8, 4) is 0 Å². The van der Waals surface area contributed by atoms with Crippen LogP contribution in [0.5, 0.6) is 0 Å². The van der Waals surface area contributed by atoms with E-state index in [1.807, 2.05) is 4.90 Å². The second kappa shape index (κ2) is 6.35. The second-order valence-corrected chi connectivity index (χ2v) is 5.93. The van der Waals surface area contributed by atoms with Crippen LogP contribution >= 0.6 is 15.9 Å². The van der Waals surface area contributed by atoms with Gasteiger partial charge in [-0.2, -0.15) is 13.2 Å². The lowest BCUT2D eigenvalue weighted by Crippen LogP contribution is -2.26. The quantitative estimate of drug-likeness (QED) is 0.885. The van der Waals surface area contributed by atoms with Gasteiger partial charge in [0.2, 0.25) is 0 Å². The monoisotopic (exact) mass is 350 g/mol. The van der Waals surface area contributed by atoms with Gasteiger partial charge < -0.3 is 10.2 Å². The lowest BCUT2D eigenvalue weighted by atomic mass is 10.1. The Hall–Kier alpha value is -0.750. The van der Waals surface area contributed by atoms with E-state index >= 15 is 0 Å². The van der Waals surface area contributed by atoms with Crippen LogP contribution < -0.4 is 10.2 Å². The molecule has 1 aliphatic heterocycles. The second-order valence-electron chi connectivity index (χ2n) is 5.07. The summed E-state index contributed by atoms with van der Waals surface area (Å²) in [4.78, 5) is 2.03. The predicted molar refractivity (Wildman–Crippen MR) is 78.0 cm³/mol. The number of hydrogen-bond acceptors (Lipinski definition) is 2. The van der Waals surface area contributed by atoms with E-state index in [0.717, 1.165) is 43.1 Å². The fraction of sp³-hybridized carbons (Fsp3) is 0.571. The highest BCUT2D eigenvalue weighted by Crippen LogP contribution is 2.37. The first kappa shape index (κ1) is 15.6. The van der Waals surface area contributed by atoms with E-state index in [-0.39, 0.29) is 0 Å². The van der Waals surface area contributed by atoms with Crippen molar-refractivity contribution in [1.29, 1.82) is 0 Å². The normalized spacial score (nSPS) is 19.6. The fourth-order valence-corrected chi connectivity index (χ4v) is 3.00. The van der Waals surface area contributed by atoms with Crippen LogP contribution in [0, 0.1) is 5.92 Å². The van der Waals surface area contributed by atoms with Gasteiger partial charge in [0.05, 0.1) is 11.3 Å². The summed E-state index contributed by atoms with van der Waals surface area (Å²) in [6.45, 7) is 5.49. The zero-order valence-electron chi connectivity index (χ0n) is 11.3. The number of alkyl halides is 3. The molecular weight excluding hydrogens is 333 g/mol. The molecule has 1 aromatic rings. The molecule has 0 saturated carbocycles. The lowest BCUT2D eigenvalue weighted by Gasteiger charge is -2.22. The Morgan fingerprint density at radius 2 is 2.15 bits per heavy atom. The predicted octanol–water partition coefficient (Wildman–Crippen LogP) is 3.90. The van der Waals surface area contributed by atoms with Gasteiger partial charge in [-0.3, -0.25) is 0 Å². The Bertz CT molecular complexity index is 462. The molecule has 1 aliphatic rings. The van der Waals surface area contributed by atoms with Gasteiger partial charge in [0, 0.05) is 17.6 Å². The molecule has 112 valence electrons. The van der Waals surface area contributed by atoms with Gasteiger partial charge >= 0.3 is 6.18 Å². The van der Waals surface area contributed by atoms with Crippen LogP contribution in [-0.4, -0.2) is 26.2 Å². The van der Waals surface area contributed by atoms with Gasteiger partial charge in [0.1, 0.15) is 0 Å². The highest BCUT2D eigenvalue weighted by Gasteiger charge is 2.32. The van der Waals surface area contributed by atoms with Crippen molar-refractivity contribution in [3.05, 3.63) is 28.2 Å². The molecule has 0 spiro atoms. The van der Waals surface area contributed by atoms with Crippen LogP contribution in [0.4, 0.5) is 18.9 Å². The number of nitrogens with one attached hydrogen (secondary N) is 1. The van der Waals surface area contributed by atoms with E-state index < -0.39 is 11.7 Å². The van der Waals surface area contributed by atoms with Crippen LogP contribution in [0.3, 0.4) is 0 Å². The maximum atomic E-state index is 12.8. The summed E-state index contributed by atoms with van der Waals surface area (Å²) in [7, 11) is 0. The molecule has 20 heavy (non-hydrogen) atoms. The Balaban J connectivity index is 2.13. The molecule has 0 aromatic heterocycles. The molecule has 1 saturated heterocycles. The van der Waals surface area contributed by atoms with Crippen LogP contribution in [0.1, 0.15) is 18.9 Å². The van der Waals surface area contributed by atoms with Crippen molar-refractivity contribution >= 4 is 21.6 Å². The smallest absolute Gasteiger partial charge is 0.370 e. The van der Waals surface area contributed by atoms with Crippen molar-refractivity contribution < 1.29 is 13.2 Å². The SMILES string of the molecule is CCNCC1CCN(c2cc(C(F)(F)F)ccc2Br)C1. The third kappa shape index (κ3) is 3.67. The average Bonchev–Trinajstić information content (AvgIpc) is 2.84. The number of anilines is 1. The molecule has 2 rings (SSSR count). The summed E-state index contributed by atoms with van der Waals surface area (Å²) >= 11 is 3.36. The molecule has 1 heterocycles. The molecule has 0 amide bonds. The summed E-state index contributed by atoms with van der Waals surface area (Å²) in [5.41, 5.74) is 0.0460. The number of nitrogens with zero attached hydrogens (tertiary/aromatic N) is 1. The van der Waals surface area contributed by atoms with Gasteiger partial charge in [0.25, 0.3) is 0 Å². The molecule has 1 N–H and O–H groups in total. The van der Waals surface area contributed by atoms with Crippen molar-refractivity contribution in [3.63, 3.8) is 0 Å². The molecule has 0 aliphatic carbocycles. The molecule has 1 unspecified atom stereocenters.